The summed E-state index contributed by atoms with van der Waals surface area (Å²) < 4.78 is 6.57. The Labute approximate surface area is 254 Å². The number of fused-ring (bicyclic) bond motifs is 7. The molecule has 206 valence electrons. The minimum absolute atomic E-state index is 0.886. The first-order valence-corrected chi connectivity index (χ1v) is 15.0. The van der Waals surface area contributed by atoms with Crippen molar-refractivity contribution in [1.29, 1.82) is 0 Å². The maximum absolute atomic E-state index is 6.57. The van der Waals surface area contributed by atoms with Gasteiger partial charge in [-0.15, -0.1) is 0 Å². The highest BCUT2D eigenvalue weighted by molar-refractivity contribution is 6.17. The number of benzene rings is 8. The summed E-state index contributed by atoms with van der Waals surface area (Å²) in [7, 11) is 0. The first-order chi connectivity index (χ1) is 21.8. The van der Waals surface area contributed by atoms with E-state index in [4.69, 9.17) is 4.42 Å². The molecule has 1 aromatic heterocycles. The standard InChI is InChI=1S/C42H27NO/c1-3-11-33-28(8-1)10-7-14-35(33)36-24-25-39(41-37-13-5-6-15-40(37)44-42(36)41)43-32-22-20-27(21-23-32)31-19-18-30-17-16-29-9-2-4-12-34(29)38(30)26-31/h1-26,43H. The van der Waals surface area contributed by atoms with E-state index in [-0.39, 0.29) is 0 Å². The summed E-state index contributed by atoms with van der Waals surface area (Å²) in [4.78, 5) is 0. The molecule has 44 heavy (non-hydrogen) atoms. The van der Waals surface area contributed by atoms with E-state index in [0.717, 1.165) is 38.9 Å². The highest BCUT2D eigenvalue weighted by Gasteiger charge is 2.17. The lowest BCUT2D eigenvalue weighted by molar-refractivity contribution is 0.670. The number of hydrogen-bond donors (Lipinski definition) is 1. The molecule has 0 aliphatic carbocycles. The van der Waals surface area contributed by atoms with Gasteiger partial charge in [0, 0.05) is 16.6 Å². The van der Waals surface area contributed by atoms with Crippen LogP contribution in [0.15, 0.2) is 162 Å². The van der Waals surface area contributed by atoms with E-state index in [0.29, 0.717) is 0 Å². The molecule has 0 atom stereocenters. The van der Waals surface area contributed by atoms with Gasteiger partial charge in [-0.3, -0.25) is 0 Å². The zero-order valence-electron chi connectivity index (χ0n) is 23.9. The lowest BCUT2D eigenvalue weighted by atomic mass is 9.96. The molecule has 0 saturated carbocycles. The van der Waals surface area contributed by atoms with E-state index in [1.165, 1.54) is 49.0 Å². The molecule has 1 heterocycles. The van der Waals surface area contributed by atoms with E-state index in [1.807, 2.05) is 12.1 Å². The Morgan fingerprint density at radius 1 is 0.409 bits per heavy atom. The summed E-state index contributed by atoms with van der Waals surface area (Å²) in [6, 6.07) is 56.2. The van der Waals surface area contributed by atoms with Gasteiger partial charge >= 0.3 is 0 Å². The number of rotatable bonds is 4. The summed E-state index contributed by atoms with van der Waals surface area (Å²) >= 11 is 0. The molecule has 8 aromatic carbocycles. The van der Waals surface area contributed by atoms with E-state index in [2.05, 4.69) is 151 Å². The van der Waals surface area contributed by atoms with Crippen LogP contribution in [-0.4, -0.2) is 0 Å². The molecule has 0 saturated heterocycles. The summed E-state index contributed by atoms with van der Waals surface area (Å²) in [5.41, 5.74) is 8.51. The van der Waals surface area contributed by atoms with E-state index < -0.39 is 0 Å². The quantitative estimate of drug-likeness (QED) is 0.216. The highest BCUT2D eigenvalue weighted by Crippen LogP contribution is 2.43. The fourth-order valence-corrected chi connectivity index (χ4v) is 6.69. The second-order valence-corrected chi connectivity index (χ2v) is 11.4. The predicted molar refractivity (Wildman–Crippen MR) is 187 cm³/mol. The third kappa shape index (κ3) is 3.96. The van der Waals surface area contributed by atoms with Crippen molar-refractivity contribution in [3.05, 3.63) is 158 Å². The molecule has 0 radical (unpaired) electrons. The second-order valence-electron chi connectivity index (χ2n) is 11.4. The van der Waals surface area contributed by atoms with Gasteiger partial charge in [-0.05, 0) is 85.4 Å². The number of anilines is 2. The van der Waals surface area contributed by atoms with Gasteiger partial charge in [-0.2, -0.15) is 0 Å². The van der Waals surface area contributed by atoms with Crippen molar-refractivity contribution in [3.8, 4) is 22.3 Å². The molecular formula is C42H27NO. The molecule has 0 fully saturated rings. The maximum atomic E-state index is 6.57. The van der Waals surface area contributed by atoms with Crippen LogP contribution < -0.4 is 5.32 Å². The predicted octanol–water partition coefficient (Wildman–Crippen LogP) is 12.1. The van der Waals surface area contributed by atoms with Gasteiger partial charge in [0.25, 0.3) is 0 Å². The molecule has 0 amide bonds. The van der Waals surface area contributed by atoms with Crippen LogP contribution in [0.1, 0.15) is 0 Å². The van der Waals surface area contributed by atoms with Crippen LogP contribution in [0.5, 0.6) is 0 Å². The van der Waals surface area contributed by atoms with E-state index in [9.17, 15) is 0 Å². The monoisotopic (exact) mass is 561 g/mol. The fourth-order valence-electron chi connectivity index (χ4n) is 6.69. The Morgan fingerprint density at radius 3 is 1.89 bits per heavy atom. The lowest BCUT2D eigenvalue weighted by Crippen LogP contribution is -1.92. The zero-order chi connectivity index (χ0) is 29.0. The largest absolute Gasteiger partial charge is 0.455 e. The van der Waals surface area contributed by atoms with Gasteiger partial charge < -0.3 is 9.73 Å². The van der Waals surface area contributed by atoms with Crippen LogP contribution in [0, 0.1) is 0 Å². The summed E-state index contributed by atoms with van der Waals surface area (Å²) in [6.45, 7) is 0. The fraction of sp³-hybridized carbons (Fsp3) is 0. The summed E-state index contributed by atoms with van der Waals surface area (Å²) in [5.74, 6) is 0. The summed E-state index contributed by atoms with van der Waals surface area (Å²) in [5, 5.41) is 13.4. The molecule has 2 heteroatoms. The maximum Gasteiger partial charge on any atom is 0.145 e. The first-order valence-electron chi connectivity index (χ1n) is 15.0. The number of hydrogen-bond acceptors (Lipinski definition) is 2. The number of nitrogens with one attached hydrogen (secondary N) is 1. The molecule has 0 aliphatic rings. The van der Waals surface area contributed by atoms with Crippen LogP contribution in [0.2, 0.25) is 0 Å². The van der Waals surface area contributed by atoms with Crippen LogP contribution in [0.25, 0.3) is 76.5 Å². The van der Waals surface area contributed by atoms with Crippen molar-refractivity contribution in [1.82, 2.24) is 0 Å². The number of furan rings is 1. The summed E-state index contributed by atoms with van der Waals surface area (Å²) in [6.07, 6.45) is 0. The number of para-hydroxylation sites is 1. The molecule has 0 spiro atoms. The molecule has 2 nitrogen and oxygen atoms in total. The minimum atomic E-state index is 0.886. The Bertz CT molecular complexity index is 2520. The van der Waals surface area contributed by atoms with Crippen LogP contribution in [0.4, 0.5) is 11.4 Å². The minimum Gasteiger partial charge on any atom is -0.455 e. The van der Waals surface area contributed by atoms with Gasteiger partial charge in [0.05, 0.1) is 11.1 Å². The van der Waals surface area contributed by atoms with Gasteiger partial charge in [-0.1, -0.05) is 121 Å². The highest BCUT2D eigenvalue weighted by atomic mass is 16.3. The van der Waals surface area contributed by atoms with Gasteiger partial charge in [-0.25, -0.2) is 0 Å². The van der Waals surface area contributed by atoms with Crippen LogP contribution in [0.3, 0.4) is 0 Å². The van der Waals surface area contributed by atoms with Crippen molar-refractivity contribution < 1.29 is 4.42 Å². The topological polar surface area (TPSA) is 25.2 Å². The van der Waals surface area contributed by atoms with Gasteiger partial charge in [0.1, 0.15) is 11.2 Å². The lowest BCUT2D eigenvalue weighted by Gasteiger charge is -2.13. The third-order valence-electron chi connectivity index (χ3n) is 8.85. The Hall–Kier alpha value is -5.86. The average molecular weight is 562 g/mol. The molecule has 9 rings (SSSR count). The van der Waals surface area contributed by atoms with E-state index >= 15 is 0 Å². The third-order valence-corrected chi connectivity index (χ3v) is 8.85. The second kappa shape index (κ2) is 9.86. The SMILES string of the molecule is c1ccc2c(-c3ccc(Nc4ccc(-c5ccc6ccc7ccccc7c6c5)cc4)c4c3oc3ccccc34)cccc2c1. The zero-order valence-corrected chi connectivity index (χ0v) is 23.9. The Balaban J connectivity index is 1.12. The van der Waals surface area contributed by atoms with Crippen molar-refractivity contribution in [2.24, 2.45) is 0 Å². The van der Waals surface area contributed by atoms with Crippen LogP contribution in [-0.2, 0) is 0 Å². The van der Waals surface area contributed by atoms with Gasteiger partial charge in [0.2, 0.25) is 0 Å². The van der Waals surface area contributed by atoms with Crippen molar-refractivity contribution in [2.75, 3.05) is 5.32 Å². The Kier molecular flexibility index (Phi) is 5.54. The van der Waals surface area contributed by atoms with Crippen molar-refractivity contribution in [3.63, 3.8) is 0 Å². The molecule has 0 aliphatic heterocycles. The smallest absolute Gasteiger partial charge is 0.145 e. The van der Waals surface area contributed by atoms with Crippen LogP contribution >= 0.6 is 0 Å². The molecule has 9 aromatic rings. The van der Waals surface area contributed by atoms with E-state index in [1.54, 1.807) is 0 Å². The van der Waals surface area contributed by atoms with Crippen molar-refractivity contribution in [2.45, 2.75) is 0 Å². The molecule has 0 bridgehead atoms. The van der Waals surface area contributed by atoms with Gasteiger partial charge in [0.15, 0.2) is 0 Å². The molecular weight excluding hydrogens is 534 g/mol. The first kappa shape index (κ1) is 24.7. The van der Waals surface area contributed by atoms with Crippen molar-refractivity contribution >= 4 is 65.6 Å². The molecule has 0 unspecified atom stereocenters. The molecule has 1 N–H and O–H groups in total. The normalized spacial score (nSPS) is 11.6. The Morgan fingerprint density at radius 2 is 1.05 bits per heavy atom. The average Bonchev–Trinajstić information content (AvgIpc) is 3.49.